The monoisotopic (exact) mass is 237 g/mol. The average molecular weight is 237 g/mol. The number of fused-ring (bicyclic) bond motifs is 5. The summed E-state index contributed by atoms with van der Waals surface area (Å²) in [7, 11) is 1.80. The maximum Gasteiger partial charge on any atom is 0.0476 e. The number of ether oxygens (including phenoxy) is 1. The Hall–Kier alpha value is -0.0800. The van der Waals surface area contributed by atoms with E-state index in [9.17, 15) is 0 Å². The smallest absolute Gasteiger partial charge is 0.0476 e. The molecule has 0 aliphatic heterocycles. The molecule has 17 heavy (non-hydrogen) atoms. The first-order valence-corrected chi connectivity index (χ1v) is 7.54. The van der Waals surface area contributed by atoms with Crippen LogP contribution >= 0.6 is 0 Å². The first-order chi connectivity index (χ1) is 8.29. The highest BCUT2D eigenvalue weighted by Gasteiger charge is 2.53. The summed E-state index contributed by atoms with van der Waals surface area (Å²) < 4.78 is 5.17. The van der Waals surface area contributed by atoms with E-state index in [2.05, 4.69) is 12.2 Å². The van der Waals surface area contributed by atoms with E-state index in [0.717, 1.165) is 42.7 Å². The minimum absolute atomic E-state index is 0.624. The van der Waals surface area contributed by atoms with E-state index in [1.54, 1.807) is 7.11 Å². The zero-order valence-electron chi connectivity index (χ0n) is 11.3. The van der Waals surface area contributed by atoms with E-state index in [1.807, 2.05) is 0 Å². The predicted molar refractivity (Wildman–Crippen MR) is 69.9 cm³/mol. The molecule has 0 saturated heterocycles. The van der Waals surface area contributed by atoms with Crippen LogP contribution in [0, 0.1) is 23.7 Å². The molecule has 3 aliphatic carbocycles. The molecule has 3 saturated carbocycles. The molecule has 2 heteroatoms. The Labute approximate surface area is 105 Å². The highest BCUT2D eigenvalue weighted by atomic mass is 16.5. The topological polar surface area (TPSA) is 21.3 Å². The molecule has 1 N–H and O–H groups in total. The molecule has 6 atom stereocenters. The third-order valence-corrected chi connectivity index (χ3v) is 5.68. The Morgan fingerprint density at radius 2 is 2.00 bits per heavy atom. The van der Waals surface area contributed by atoms with Crippen molar-refractivity contribution in [3.63, 3.8) is 0 Å². The van der Waals surface area contributed by atoms with Crippen molar-refractivity contribution in [1.82, 2.24) is 5.32 Å². The molecular weight excluding hydrogens is 210 g/mol. The minimum atomic E-state index is 0.624. The lowest BCUT2D eigenvalue weighted by Gasteiger charge is -2.34. The van der Waals surface area contributed by atoms with E-state index in [-0.39, 0.29) is 0 Å². The van der Waals surface area contributed by atoms with Crippen molar-refractivity contribution in [1.29, 1.82) is 0 Å². The van der Waals surface area contributed by atoms with E-state index >= 15 is 0 Å². The normalized spacial score (nSPS) is 45.2. The van der Waals surface area contributed by atoms with Crippen molar-refractivity contribution >= 4 is 0 Å². The zero-order valence-corrected chi connectivity index (χ0v) is 11.3. The largest absolute Gasteiger partial charge is 0.385 e. The van der Waals surface area contributed by atoms with Gasteiger partial charge >= 0.3 is 0 Å². The predicted octanol–water partition coefficient (Wildman–Crippen LogP) is 2.83. The van der Waals surface area contributed by atoms with Gasteiger partial charge < -0.3 is 10.1 Å². The molecule has 0 aromatic rings. The number of nitrogens with one attached hydrogen (secondary N) is 1. The van der Waals surface area contributed by atoms with Crippen molar-refractivity contribution in [3.05, 3.63) is 0 Å². The Morgan fingerprint density at radius 1 is 1.18 bits per heavy atom. The Bertz CT molecular complexity index is 268. The third-order valence-electron chi connectivity index (χ3n) is 5.68. The second-order valence-electron chi connectivity index (χ2n) is 6.61. The third kappa shape index (κ3) is 2.15. The molecule has 0 heterocycles. The molecule has 2 nitrogen and oxygen atoms in total. The Kier molecular flexibility index (Phi) is 3.45. The number of rotatable bonds is 5. The van der Waals surface area contributed by atoms with Crippen LogP contribution in [0.5, 0.6) is 0 Å². The lowest BCUT2D eigenvalue weighted by atomic mass is 9.79. The average Bonchev–Trinajstić information content (AvgIpc) is 2.96. The van der Waals surface area contributed by atoms with Crippen LogP contribution in [-0.4, -0.2) is 25.8 Å². The molecular formula is C15H27NO. The summed E-state index contributed by atoms with van der Waals surface area (Å²) in [4.78, 5) is 0. The molecule has 6 unspecified atom stereocenters. The fourth-order valence-corrected chi connectivity index (χ4v) is 5.00. The SMILES string of the molecule is COCCC(C)NC1CC2CC1C1CCCC21. The molecule has 0 aromatic carbocycles. The van der Waals surface area contributed by atoms with Gasteiger partial charge in [0, 0.05) is 25.8 Å². The maximum absolute atomic E-state index is 5.17. The van der Waals surface area contributed by atoms with E-state index < -0.39 is 0 Å². The lowest BCUT2D eigenvalue weighted by Crippen LogP contribution is -2.43. The number of methoxy groups -OCH3 is 1. The van der Waals surface area contributed by atoms with Crippen LogP contribution in [0.1, 0.15) is 45.4 Å². The summed E-state index contributed by atoms with van der Waals surface area (Å²) in [5.41, 5.74) is 0. The standard InChI is InChI=1S/C15H27NO/c1-10(6-7-17-2)16-15-9-11-8-14(15)13-5-3-4-12(11)13/h10-16H,3-9H2,1-2H3. The second kappa shape index (κ2) is 4.89. The lowest BCUT2D eigenvalue weighted by molar-refractivity contribution is 0.166. The van der Waals surface area contributed by atoms with Gasteiger partial charge in [-0.2, -0.15) is 0 Å². The zero-order chi connectivity index (χ0) is 11.8. The number of hydrogen-bond donors (Lipinski definition) is 1. The van der Waals surface area contributed by atoms with Gasteiger partial charge in [-0.3, -0.25) is 0 Å². The fourth-order valence-electron chi connectivity index (χ4n) is 5.00. The summed E-state index contributed by atoms with van der Waals surface area (Å²) >= 11 is 0. The first-order valence-electron chi connectivity index (χ1n) is 7.54. The van der Waals surface area contributed by atoms with Gasteiger partial charge in [0.25, 0.3) is 0 Å². The van der Waals surface area contributed by atoms with Crippen molar-refractivity contribution in [2.24, 2.45) is 23.7 Å². The summed E-state index contributed by atoms with van der Waals surface area (Å²) in [5.74, 6) is 4.28. The van der Waals surface area contributed by atoms with Gasteiger partial charge in [0.15, 0.2) is 0 Å². The van der Waals surface area contributed by atoms with Crippen LogP contribution in [0.15, 0.2) is 0 Å². The summed E-state index contributed by atoms with van der Waals surface area (Å²) in [6.45, 7) is 3.21. The maximum atomic E-state index is 5.17. The molecule has 0 radical (unpaired) electrons. The highest BCUT2D eigenvalue weighted by Crippen LogP contribution is 2.58. The van der Waals surface area contributed by atoms with E-state index in [0.29, 0.717) is 6.04 Å². The molecule has 3 aliphatic rings. The van der Waals surface area contributed by atoms with Crippen LogP contribution < -0.4 is 5.32 Å². The molecule has 3 rings (SSSR count). The fraction of sp³-hybridized carbons (Fsp3) is 1.00. The highest BCUT2D eigenvalue weighted by molar-refractivity contribution is 5.05. The van der Waals surface area contributed by atoms with Crippen LogP contribution in [0.4, 0.5) is 0 Å². The molecule has 2 bridgehead atoms. The molecule has 98 valence electrons. The van der Waals surface area contributed by atoms with Gasteiger partial charge in [-0.15, -0.1) is 0 Å². The summed E-state index contributed by atoms with van der Waals surface area (Å²) in [6, 6.07) is 1.45. The Morgan fingerprint density at radius 3 is 2.82 bits per heavy atom. The van der Waals surface area contributed by atoms with Gasteiger partial charge in [-0.25, -0.2) is 0 Å². The quantitative estimate of drug-likeness (QED) is 0.794. The molecule has 0 spiro atoms. The van der Waals surface area contributed by atoms with Gasteiger partial charge in [0.1, 0.15) is 0 Å². The van der Waals surface area contributed by atoms with Crippen LogP contribution in [0.2, 0.25) is 0 Å². The summed E-state index contributed by atoms with van der Waals surface area (Å²) in [5, 5.41) is 3.88. The summed E-state index contributed by atoms with van der Waals surface area (Å²) in [6.07, 6.45) is 8.72. The van der Waals surface area contributed by atoms with E-state index in [4.69, 9.17) is 4.74 Å². The van der Waals surface area contributed by atoms with Crippen LogP contribution in [0.25, 0.3) is 0 Å². The molecule has 0 aromatic heterocycles. The van der Waals surface area contributed by atoms with Crippen molar-refractivity contribution in [2.45, 2.75) is 57.5 Å². The Balaban J connectivity index is 1.53. The van der Waals surface area contributed by atoms with Crippen LogP contribution in [0.3, 0.4) is 0 Å². The van der Waals surface area contributed by atoms with Gasteiger partial charge in [0.2, 0.25) is 0 Å². The number of hydrogen-bond acceptors (Lipinski definition) is 2. The molecule has 0 amide bonds. The van der Waals surface area contributed by atoms with Gasteiger partial charge in [-0.05, 0) is 62.7 Å². The first kappa shape index (κ1) is 12.0. The van der Waals surface area contributed by atoms with E-state index in [1.165, 1.54) is 32.1 Å². The van der Waals surface area contributed by atoms with Gasteiger partial charge in [0.05, 0.1) is 0 Å². The van der Waals surface area contributed by atoms with Gasteiger partial charge in [-0.1, -0.05) is 6.42 Å². The van der Waals surface area contributed by atoms with Crippen LogP contribution in [-0.2, 0) is 4.74 Å². The van der Waals surface area contributed by atoms with Crippen molar-refractivity contribution in [2.75, 3.05) is 13.7 Å². The van der Waals surface area contributed by atoms with Crippen molar-refractivity contribution in [3.8, 4) is 0 Å². The molecule has 3 fully saturated rings. The minimum Gasteiger partial charge on any atom is -0.385 e. The van der Waals surface area contributed by atoms with Crippen molar-refractivity contribution < 1.29 is 4.74 Å². The second-order valence-corrected chi connectivity index (χ2v) is 6.61.